The Hall–Kier alpha value is -2.26. The molecule has 5 nitrogen and oxygen atoms in total. The van der Waals surface area contributed by atoms with Crippen LogP contribution in [0.15, 0.2) is 47.4 Å². The highest BCUT2D eigenvalue weighted by atomic mass is 35.5. The van der Waals surface area contributed by atoms with E-state index in [4.69, 9.17) is 11.6 Å². The number of hydrogen-bond acceptors (Lipinski definition) is 3. The van der Waals surface area contributed by atoms with Gasteiger partial charge >= 0.3 is 6.18 Å². The van der Waals surface area contributed by atoms with E-state index in [0.29, 0.717) is 16.8 Å². The molecule has 2 aromatic rings. The average Bonchev–Trinajstić information content (AvgIpc) is 2.63. The number of amides is 1. The predicted octanol–water partition coefficient (Wildman–Crippen LogP) is 6.19. The number of aryl methyl sites for hydroxylation is 1. The summed E-state index contributed by atoms with van der Waals surface area (Å²) in [4.78, 5) is 12.8. The number of hydrogen-bond donors (Lipinski definition) is 1. The fourth-order valence-electron chi connectivity index (χ4n) is 3.96. The molecule has 0 heterocycles. The molecule has 0 aliphatic heterocycles. The van der Waals surface area contributed by atoms with Crippen LogP contribution in [-0.2, 0) is 21.0 Å². The second-order valence-electron chi connectivity index (χ2n) is 10.2. The zero-order valence-corrected chi connectivity index (χ0v) is 21.6. The molecule has 2 rings (SSSR count). The number of carbonyl (C=O) groups is 1. The molecule has 34 heavy (non-hydrogen) atoms. The molecule has 0 saturated carbocycles. The largest absolute Gasteiger partial charge is 0.417 e. The maximum absolute atomic E-state index is 13.5. The Morgan fingerprint density at radius 3 is 2.06 bits per heavy atom. The topological polar surface area (TPSA) is 66.5 Å². The van der Waals surface area contributed by atoms with Crippen molar-refractivity contribution >= 4 is 33.2 Å². The zero-order chi connectivity index (χ0) is 26.1. The van der Waals surface area contributed by atoms with Crippen LogP contribution in [-0.4, -0.2) is 26.4 Å². The Balaban J connectivity index is 2.53. The maximum Gasteiger partial charge on any atom is 0.417 e. The summed E-state index contributed by atoms with van der Waals surface area (Å²) in [6.45, 7) is 10.7. The molecule has 0 spiro atoms. The summed E-state index contributed by atoms with van der Waals surface area (Å²) in [7, 11) is -4.37. The van der Waals surface area contributed by atoms with Crippen molar-refractivity contribution in [3.05, 3.63) is 58.6 Å². The lowest BCUT2D eigenvalue weighted by Crippen LogP contribution is -2.50. The van der Waals surface area contributed by atoms with E-state index >= 15 is 0 Å². The summed E-state index contributed by atoms with van der Waals surface area (Å²) in [5.74, 6) is -0.645. The third kappa shape index (κ3) is 7.37. The molecule has 0 saturated heterocycles. The highest BCUT2D eigenvalue weighted by Crippen LogP contribution is 2.38. The molecule has 0 aliphatic carbocycles. The second kappa shape index (κ2) is 9.77. The number of carbonyl (C=O) groups excluding carboxylic acids is 1. The van der Waals surface area contributed by atoms with Gasteiger partial charge in [-0.3, -0.25) is 9.10 Å². The lowest BCUT2D eigenvalue weighted by molar-refractivity contribution is -0.137. The van der Waals surface area contributed by atoms with Crippen LogP contribution in [0.3, 0.4) is 0 Å². The molecule has 0 unspecified atom stereocenters. The summed E-state index contributed by atoms with van der Waals surface area (Å²) >= 11 is 5.72. The van der Waals surface area contributed by atoms with Crippen molar-refractivity contribution in [1.29, 1.82) is 0 Å². The van der Waals surface area contributed by atoms with Gasteiger partial charge in [0.15, 0.2) is 0 Å². The van der Waals surface area contributed by atoms with Crippen molar-refractivity contribution in [2.75, 3.05) is 10.8 Å². The predicted molar refractivity (Wildman–Crippen MR) is 128 cm³/mol. The van der Waals surface area contributed by atoms with Crippen LogP contribution in [0.25, 0.3) is 0 Å². The van der Waals surface area contributed by atoms with E-state index in [1.165, 1.54) is 12.1 Å². The molecule has 0 bridgehead atoms. The Bertz CT molecular complexity index is 1140. The molecule has 0 radical (unpaired) electrons. The summed E-state index contributed by atoms with van der Waals surface area (Å²) in [5, 5.41) is 2.24. The van der Waals surface area contributed by atoms with Crippen LogP contribution in [0.5, 0.6) is 0 Å². The van der Waals surface area contributed by atoms with Gasteiger partial charge in [-0.25, -0.2) is 8.42 Å². The van der Waals surface area contributed by atoms with Crippen molar-refractivity contribution < 1.29 is 26.4 Å². The van der Waals surface area contributed by atoms with Crippen molar-refractivity contribution in [3.63, 3.8) is 0 Å². The fraction of sp³-hybridized carbons (Fsp3) is 0.458. The smallest absolute Gasteiger partial charge is 0.350 e. The summed E-state index contributed by atoms with van der Waals surface area (Å²) in [5.41, 5.74) is -1.50. The standard InChI is InChI=1S/C24H30ClF3N2O3S/c1-16-7-10-18(11-8-16)34(32,33)30(14-21(31)29-23(5,6)15-22(2,3)4)17-9-12-20(25)19(13-17)24(26,27)28/h7-13H,14-15H2,1-6H3,(H,29,31). The monoisotopic (exact) mass is 518 g/mol. The lowest BCUT2D eigenvalue weighted by atomic mass is 9.82. The molecule has 0 aliphatic rings. The number of rotatable bonds is 7. The maximum atomic E-state index is 13.5. The number of sulfonamides is 1. The highest BCUT2D eigenvalue weighted by Gasteiger charge is 2.36. The molecule has 1 amide bonds. The minimum absolute atomic E-state index is 0.123. The van der Waals surface area contributed by atoms with Gasteiger partial charge in [0.2, 0.25) is 5.91 Å². The minimum Gasteiger partial charge on any atom is -0.350 e. The molecule has 10 heteroatoms. The Morgan fingerprint density at radius 1 is 1.00 bits per heavy atom. The number of nitrogens with zero attached hydrogens (tertiary/aromatic N) is 1. The van der Waals surface area contributed by atoms with Gasteiger partial charge in [-0.15, -0.1) is 0 Å². The molecular formula is C24H30ClF3N2O3S. The van der Waals surface area contributed by atoms with E-state index in [9.17, 15) is 26.4 Å². The Kier molecular flexibility index (Phi) is 8.04. The quantitative estimate of drug-likeness (QED) is 0.475. The molecule has 188 valence electrons. The van der Waals surface area contributed by atoms with E-state index < -0.39 is 44.8 Å². The van der Waals surface area contributed by atoms with Crippen LogP contribution in [0.1, 0.15) is 52.2 Å². The van der Waals surface area contributed by atoms with Crippen molar-refractivity contribution in [2.45, 2.75) is 64.6 Å². The Labute approximate surface area is 204 Å². The normalized spacial score (nSPS) is 13.0. The zero-order valence-electron chi connectivity index (χ0n) is 20.0. The van der Waals surface area contributed by atoms with Crippen LogP contribution in [0.2, 0.25) is 5.02 Å². The van der Waals surface area contributed by atoms with Gasteiger partial charge in [-0.2, -0.15) is 13.2 Å². The van der Waals surface area contributed by atoms with E-state index in [1.54, 1.807) is 32.9 Å². The van der Waals surface area contributed by atoms with Crippen LogP contribution < -0.4 is 9.62 Å². The van der Waals surface area contributed by atoms with Crippen molar-refractivity contribution in [3.8, 4) is 0 Å². The number of anilines is 1. The lowest BCUT2D eigenvalue weighted by Gasteiger charge is -2.34. The third-order valence-electron chi connectivity index (χ3n) is 4.89. The van der Waals surface area contributed by atoms with E-state index in [1.807, 2.05) is 20.8 Å². The summed E-state index contributed by atoms with van der Waals surface area (Å²) < 4.78 is 68.0. The van der Waals surface area contributed by atoms with Crippen LogP contribution >= 0.6 is 11.6 Å². The van der Waals surface area contributed by atoms with E-state index in [2.05, 4.69) is 5.32 Å². The van der Waals surface area contributed by atoms with Crippen molar-refractivity contribution in [2.24, 2.45) is 5.41 Å². The first-order valence-corrected chi connectivity index (χ1v) is 12.4. The number of nitrogens with one attached hydrogen (secondary N) is 1. The Morgan fingerprint density at radius 2 is 1.56 bits per heavy atom. The first-order chi connectivity index (χ1) is 15.3. The van der Waals surface area contributed by atoms with E-state index in [-0.39, 0.29) is 16.0 Å². The molecular weight excluding hydrogens is 489 g/mol. The van der Waals surface area contributed by atoms with Crippen LogP contribution in [0.4, 0.5) is 18.9 Å². The summed E-state index contributed by atoms with van der Waals surface area (Å²) in [6.07, 6.45) is -4.21. The van der Waals surface area contributed by atoms with Gasteiger partial charge in [0.25, 0.3) is 10.0 Å². The molecule has 0 aromatic heterocycles. The summed E-state index contributed by atoms with van der Waals surface area (Å²) in [6, 6.07) is 8.60. The first kappa shape index (κ1) is 28.0. The highest BCUT2D eigenvalue weighted by molar-refractivity contribution is 7.92. The third-order valence-corrected chi connectivity index (χ3v) is 7.01. The van der Waals surface area contributed by atoms with Gasteiger partial charge in [0.05, 0.1) is 21.2 Å². The van der Waals surface area contributed by atoms with E-state index in [0.717, 1.165) is 17.7 Å². The van der Waals surface area contributed by atoms with Gasteiger partial charge in [-0.1, -0.05) is 50.1 Å². The molecule has 2 aromatic carbocycles. The first-order valence-electron chi connectivity index (χ1n) is 10.6. The SMILES string of the molecule is Cc1ccc(S(=O)(=O)N(CC(=O)NC(C)(C)CC(C)(C)C)c2ccc(Cl)c(C(F)(F)F)c2)cc1. The van der Waals surface area contributed by atoms with Gasteiger partial charge in [0, 0.05) is 5.54 Å². The minimum atomic E-state index is -4.80. The van der Waals surface area contributed by atoms with Crippen LogP contribution in [0, 0.1) is 12.3 Å². The van der Waals surface area contributed by atoms with Crippen molar-refractivity contribution in [1.82, 2.24) is 5.32 Å². The number of alkyl halides is 3. The van der Waals surface area contributed by atoms with Gasteiger partial charge < -0.3 is 5.32 Å². The van der Waals surface area contributed by atoms with Gasteiger partial charge in [0.1, 0.15) is 6.54 Å². The fourth-order valence-corrected chi connectivity index (χ4v) is 5.59. The number of halogens is 4. The molecule has 1 N–H and O–H groups in total. The number of benzene rings is 2. The average molecular weight is 519 g/mol. The molecule has 0 fully saturated rings. The van der Waals surface area contributed by atoms with Gasteiger partial charge in [-0.05, 0) is 62.9 Å². The molecule has 0 atom stereocenters. The second-order valence-corrected chi connectivity index (χ2v) is 12.4.